The van der Waals surface area contributed by atoms with Crippen LogP contribution in [-0.2, 0) is 16.6 Å². The van der Waals surface area contributed by atoms with Crippen LogP contribution in [0, 0.1) is 11.7 Å². The van der Waals surface area contributed by atoms with Gasteiger partial charge < -0.3 is 20.9 Å². The van der Waals surface area contributed by atoms with Crippen molar-refractivity contribution in [2.24, 2.45) is 11.7 Å². The largest absolute Gasteiger partial charge is 0.481 e. The standard InChI is InChI=1S/C20H29BFNO4/c1-19(2,23)20(6-4-7-20)15-11-14-13(10-16(15)22)9-12(17(14)18(24)25)5-3-8-21(26)27/h10-12,17,26-27H,3-9,23H2,1-2H3,(H,24,25)/t12-,17-/m0/s1. The van der Waals surface area contributed by atoms with Crippen molar-refractivity contribution in [3.8, 4) is 0 Å². The van der Waals surface area contributed by atoms with Crippen molar-refractivity contribution >= 4 is 13.1 Å². The van der Waals surface area contributed by atoms with Gasteiger partial charge >= 0.3 is 13.1 Å². The van der Waals surface area contributed by atoms with Crippen LogP contribution < -0.4 is 5.73 Å². The molecule has 0 amide bonds. The number of fused-ring (bicyclic) bond motifs is 1. The second kappa shape index (κ2) is 7.19. The third kappa shape index (κ3) is 3.53. The molecule has 0 aromatic heterocycles. The van der Waals surface area contributed by atoms with Crippen LogP contribution in [-0.4, -0.2) is 33.8 Å². The Hall–Kier alpha value is -1.44. The Balaban J connectivity index is 1.95. The van der Waals surface area contributed by atoms with Gasteiger partial charge in [0, 0.05) is 11.0 Å². The Kier molecular flexibility index (Phi) is 5.40. The molecule has 0 saturated heterocycles. The molecule has 0 unspecified atom stereocenters. The Morgan fingerprint density at radius 3 is 2.52 bits per heavy atom. The molecule has 3 rings (SSSR count). The number of hydrogen-bond acceptors (Lipinski definition) is 4. The molecule has 2 atom stereocenters. The molecule has 27 heavy (non-hydrogen) atoms. The normalized spacial score (nSPS) is 23.6. The van der Waals surface area contributed by atoms with E-state index in [4.69, 9.17) is 15.8 Å². The average Bonchev–Trinajstić information content (AvgIpc) is 2.81. The minimum atomic E-state index is -1.38. The Morgan fingerprint density at radius 1 is 1.37 bits per heavy atom. The zero-order valence-electron chi connectivity index (χ0n) is 16.0. The van der Waals surface area contributed by atoms with Gasteiger partial charge in [-0.25, -0.2) is 4.39 Å². The van der Waals surface area contributed by atoms with Crippen LogP contribution >= 0.6 is 0 Å². The molecule has 7 heteroatoms. The molecule has 0 heterocycles. The van der Waals surface area contributed by atoms with E-state index in [1.54, 1.807) is 6.07 Å². The van der Waals surface area contributed by atoms with E-state index in [1.165, 1.54) is 6.07 Å². The van der Waals surface area contributed by atoms with Crippen LogP contribution in [0.25, 0.3) is 0 Å². The van der Waals surface area contributed by atoms with Gasteiger partial charge in [-0.1, -0.05) is 18.9 Å². The molecule has 0 radical (unpaired) electrons. The quantitative estimate of drug-likeness (QED) is 0.547. The molecule has 0 spiro atoms. The highest BCUT2D eigenvalue weighted by molar-refractivity contribution is 6.40. The lowest BCUT2D eigenvalue weighted by molar-refractivity contribution is -0.139. The Morgan fingerprint density at radius 2 is 2.04 bits per heavy atom. The molecular weight excluding hydrogens is 348 g/mol. The lowest BCUT2D eigenvalue weighted by Crippen LogP contribution is -2.58. The summed E-state index contributed by atoms with van der Waals surface area (Å²) in [4.78, 5) is 12.0. The highest BCUT2D eigenvalue weighted by atomic mass is 19.1. The highest BCUT2D eigenvalue weighted by Crippen LogP contribution is 2.53. The van der Waals surface area contributed by atoms with Crippen molar-refractivity contribution in [1.82, 2.24) is 0 Å². The smallest absolute Gasteiger partial charge is 0.451 e. The average molecular weight is 377 g/mol. The Labute approximate surface area is 159 Å². The van der Waals surface area contributed by atoms with Crippen LogP contribution in [0.1, 0.15) is 68.6 Å². The van der Waals surface area contributed by atoms with E-state index < -0.39 is 30.0 Å². The van der Waals surface area contributed by atoms with Gasteiger partial charge in [-0.2, -0.15) is 0 Å². The summed E-state index contributed by atoms with van der Waals surface area (Å²) in [5.41, 5.74) is 7.37. The topological polar surface area (TPSA) is 104 Å². The summed E-state index contributed by atoms with van der Waals surface area (Å²) in [7, 11) is -1.38. The second-order valence-electron chi connectivity index (χ2n) is 8.88. The van der Waals surface area contributed by atoms with Crippen molar-refractivity contribution in [1.29, 1.82) is 0 Å². The van der Waals surface area contributed by atoms with Gasteiger partial charge in [0.05, 0.1) is 5.92 Å². The van der Waals surface area contributed by atoms with Gasteiger partial charge in [-0.15, -0.1) is 0 Å². The molecule has 1 aromatic carbocycles. The fourth-order valence-corrected chi connectivity index (χ4v) is 5.08. The molecule has 2 aliphatic carbocycles. The van der Waals surface area contributed by atoms with E-state index in [0.717, 1.165) is 24.8 Å². The third-order valence-corrected chi connectivity index (χ3v) is 6.78. The molecule has 5 N–H and O–H groups in total. The fourth-order valence-electron chi connectivity index (χ4n) is 5.08. The van der Waals surface area contributed by atoms with Crippen LogP contribution in [0.2, 0.25) is 6.32 Å². The lowest BCUT2D eigenvalue weighted by Gasteiger charge is -2.52. The van der Waals surface area contributed by atoms with Crippen LogP contribution in [0.4, 0.5) is 4.39 Å². The molecule has 2 aliphatic rings. The van der Waals surface area contributed by atoms with Crippen LogP contribution in [0.15, 0.2) is 12.1 Å². The molecule has 0 bridgehead atoms. The predicted octanol–water partition coefficient (Wildman–Crippen LogP) is 2.58. The zero-order valence-corrected chi connectivity index (χ0v) is 16.0. The van der Waals surface area contributed by atoms with E-state index in [-0.39, 0.29) is 18.1 Å². The number of aliphatic carboxylic acids is 1. The number of hydrogen-bond donors (Lipinski definition) is 4. The molecule has 0 aliphatic heterocycles. The van der Waals surface area contributed by atoms with Crippen molar-refractivity contribution in [3.63, 3.8) is 0 Å². The zero-order chi connectivity index (χ0) is 20.0. The van der Waals surface area contributed by atoms with E-state index in [0.29, 0.717) is 30.4 Å². The van der Waals surface area contributed by atoms with E-state index in [2.05, 4.69) is 0 Å². The number of rotatable bonds is 7. The lowest BCUT2D eigenvalue weighted by atomic mass is 9.55. The first kappa shape index (κ1) is 20.3. The summed E-state index contributed by atoms with van der Waals surface area (Å²) in [5.74, 6) is -2.04. The van der Waals surface area contributed by atoms with Gasteiger partial charge in [0.25, 0.3) is 0 Å². The van der Waals surface area contributed by atoms with E-state index in [1.807, 2.05) is 13.8 Å². The number of nitrogens with two attached hydrogens (primary N) is 1. The molecule has 5 nitrogen and oxygen atoms in total. The molecule has 1 saturated carbocycles. The molecule has 1 fully saturated rings. The number of carbonyl (C=O) groups is 1. The van der Waals surface area contributed by atoms with Crippen LogP contribution in [0.3, 0.4) is 0 Å². The summed E-state index contributed by atoms with van der Waals surface area (Å²) in [6.07, 6.45) is 4.41. The summed E-state index contributed by atoms with van der Waals surface area (Å²) in [5, 5.41) is 27.9. The highest BCUT2D eigenvalue weighted by Gasteiger charge is 2.51. The maximum absolute atomic E-state index is 15.0. The second-order valence-corrected chi connectivity index (χ2v) is 8.88. The minimum absolute atomic E-state index is 0.158. The Bertz CT molecular complexity index is 727. The first-order chi connectivity index (χ1) is 12.6. The molecule has 1 aromatic rings. The third-order valence-electron chi connectivity index (χ3n) is 6.78. The summed E-state index contributed by atoms with van der Waals surface area (Å²) in [6.45, 7) is 3.83. The van der Waals surface area contributed by atoms with Gasteiger partial charge in [-0.3, -0.25) is 4.79 Å². The van der Waals surface area contributed by atoms with E-state index >= 15 is 4.39 Å². The summed E-state index contributed by atoms with van der Waals surface area (Å²) in [6, 6.07) is 3.27. The van der Waals surface area contributed by atoms with Gasteiger partial charge in [0.2, 0.25) is 0 Å². The van der Waals surface area contributed by atoms with Gasteiger partial charge in [0.1, 0.15) is 5.82 Å². The molecular formula is C20H29BFNO4. The number of carboxylic acids is 1. The molecule has 148 valence electrons. The SMILES string of the molecule is CC(C)(N)C1(c2cc3c(cc2F)C[C@H](CCCB(O)O)[C@@H]3C(=O)O)CCC1. The van der Waals surface area contributed by atoms with Crippen LogP contribution in [0.5, 0.6) is 0 Å². The van der Waals surface area contributed by atoms with Crippen molar-refractivity contribution < 1.29 is 24.3 Å². The van der Waals surface area contributed by atoms with Crippen molar-refractivity contribution in [3.05, 3.63) is 34.6 Å². The van der Waals surface area contributed by atoms with Crippen molar-refractivity contribution in [2.75, 3.05) is 0 Å². The minimum Gasteiger partial charge on any atom is -0.481 e. The summed E-state index contributed by atoms with van der Waals surface area (Å²) < 4.78 is 15.0. The number of halogens is 1. The van der Waals surface area contributed by atoms with Gasteiger partial charge in [0.15, 0.2) is 0 Å². The summed E-state index contributed by atoms with van der Waals surface area (Å²) >= 11 is 0. The monoisotopic (exact) mass is 377 g/mol. The van der Waals surface area contributed by atoms with Crippen molar-refractivity contribution in [2.45, 2.75) is 75.6 Å². The maximum Gasteiger partial charge on any atom is 0.451 e. The van der Waals surface area contributed by atoms with E-state index in [9.17, 15) is 9.90 Å². The first-order valence-electron chi connectivity index (χ1n) is 9.77. The number of benzene rings is 1. The fraction of sp³-hybridized carbons (Fsp3) is 0.650. The maximum atomic E-state index is 15.0. The first-order valence-corrected chi connectivity index (χ1v) is 9.77. The number of carboxylic acid groups (broad SMARTS) is 1. The predicted molar refractivity (Wildman–Crippen MR) is 102 cm³/mol. The van der Waals surface area contributed by atoms with Gasteiger partial charge in [-0.05, 0) is 74.5 Å².